The van der Waals surface area contributed by atoms with Gasteiger partial charge in [0.05, 0.1) is 4.90 Å². The zero-order valence-electron chi connectivity index (χ0n) is 8.64. The van der Waals surface area contributed by atoms with Crippen LogP contribution in [0, 0.1) is 11.7 Å². The molecule has 0 radical (unpaired) electrons. The number of rotatable bonds is 2. The molecule has 0 amide bonds. The number of sulfone groups is 1. The number of fused-ring (bicyclic) bond motifs is 1. The molecule has 1 aliphatic rings. The number of aliphatic hydroxyl groups excluding tert-OH is 1. The molecule has 2 rings (SSSR count). The van der Waals surface area contributed by atoms with Gasteiger partial charge in [-0.1, -0.05) is 6.92 Å². The Morgan fingerprint density at radius 3 is 2.75 bits per heavy atom. The Hall–Kier alpha value is -1.20. The molecule has 1 aromatic carbocycles. The zero-order chi connectivity index (χ0) is 11.9. The molecule has 1 aromatic rings. The van der Waals surface area contributed by atoms with Crippen LogP contribution in [-0.2, 0) is 9.84 Å². The third kappa shape index (κ3) is 1.66. The van der Waals surface area contributed by atoms with Crippen molar-refractivity contribution in [1.29, 1.82) is 0 Å². The van der Waals surface area contributed by atoms with Crippen LogP contribution in [0.5, 0.6) is 0 Å². The van der Waals surface area contributed by atoms with Gasteiger partial charge in [0.25, 0.3) is 0 Å². The van der Waals surface area contributed by atoms with Crippen molar-refractivity contribution in [2.45, 2.75) is 11.8 Å². The van der Waals surface area contributed by atoms with E-state index in [2.05, 4.69) is 0 Å². The smallest absolute Gasteiger partial charge is 0.200 e. The summed E-state index contributed by atoms with van der Waals surface area (Å²) in [6.45, 7) is 1.53. The largest absolute Gasteiger partial charge is 0.396 e. The molecular weight excluding hydrogens is 231 g/mol. The first kappa shape index (κ1) is 11.3. The molecule has 5 heteroatoms. The lowest BCUT2D eigenvalue weighted by molar-refractivity contribution is 0.266. The molecule has 1 atom stereocenters. The molecule has 86 valence electrons. The van der Waals surface area contributed by atoms with Gasteiger partial charge in [0.15, 0.2) is 0 Å². The summed E-state index contributed by atoms with van der Waals surface area (Å²) in [5.41, 5.74) is 0.832. The van der Waals surface area contributed by atoms with E-state index in [9.17, 15) is 12.8 Å². The van der Waals surface area contributed by atoms with E-state index in [-0.39, 0.29) is 17.4 Å². The van der Waals surface area contributed by atoms with Crippen LogP contribution in [0.3, 0.4) is 0 Å². The minimum Gasteiger partial charge on any atom is -0.396 e. The van der Waals surface area contributed by atoms with E-state index in [1.165, 1.54) is 12.1 Å². The lowest BCUT2D eigenvalue weighted by Gasteiger charge is -2.09. The van der Waals surface area contributed by atoms with Crippen LogP contribution in [0.4, 0.5) is 4.39 Å². The van der Waals surface area contributed by atoms with Gasteiger partial charge in [-0.05, 0) is 23.8 Å². The van der Waals surface area contributed by atoms with E-state index in [1.54, 1.807) is 6.92 Å². The molecule has 3 nitrogen and oxygen atoms in total. The van der Waals surface area contributed by atoms with Crippen LogP contribution in [0.25, 0.3) is 5.57 Å². The molecule has 1 heterocycles. The van der Waals surface area contributed by atoms with Crippen molar-refractivity contribution in [1.82, 2.24) is 0 Å². The molecule has 1 aliphatic heterocycles. The second kappa shape index (κ2) is 3.68. The quantitative estimate of drug-likeness (QED) is 0.801. The van der Waals surface area contributed by atoms with Crippen LogP contribution in [0.15, 0.2) is 28.5 Å². The highest BCUT2D eigenvalue weighted by molar-refractivity contribution is 7.95. The Morgan fingerprint density at radius 1 is 1.44 bits per heavy atom. The first-order valence-corrected chi connectivity index (χ1v) is 6.38. The lowest BCUT2D eigenvalue weighted by Crippen LogP contribution is -2.02. The second-order valence-electron chi connectivity index (χ2n) is 3.84. The molecule has 0 aliphatic carbocycles. The van der Waals surface area contributed by atoms with Gasteiger partial charge in [-0.3, -0.25) is 0 Å². The van der Waals surface area contributed by atoms with Crippen molar-refractivity contribution >= 4 is 15.4 Å². The summed E-state index contributed by atoms with van der Waals surface area (Å²) < 4.78 is 36.5. The Kier molecular flexibility index (Phi) is 2.59. The van der Waals surface area contributed by atoms with E-state index >= 15 is 0 Å². The van der Waals surface area contributed by atoms with Crippen molar-refractivity contribution < 1.29 is 17.9 Å². The maximum absolute atomic E-state index is 13.1. The SMILES string of the molecule is CC(CO)C1=CS(=O)(=O)c2ccc(F)cc21. The van der Waals surface area contributed by atoms with Crippen LogP contribution in [0.2, 0.25) is 0 Å². The predicted octanol–water partition coefficient (Wildman–Crippen LogP) is 1.58. The topological polar surface area (TPSA) is 54.4 Å². The van der Waals surface area contributed by atoms with Crippen LogP contribution in [-0.4, -0.2) is 20.1 Å². The number of benzene rings is 1. The van der Waals surface area contributed by atoms with Crippen molar-refractivity contribution in [3.8, 4) is 0 Å². The van der Waals surface area contributed by atoms with Crippen molar-refractivity contribution in [3.63, 3.8) is 0 Å². The van der Waals surface area contributed by atoms with E-state index in [0.29, 0.717) is 11.1 Å². The first-order valence-electron chi connectivity index (χ1n) is 4.83. The maximum Gasteiger partial charge on any atom is 0.200 e. The van der Waals surface area contributed by atoms with Crippen LogP contribution in [0.1, 0.15) is 12.5 Å². The molecule has 0 bridgehead atoms. The highest BCUT2D eigenvalue weighted by Gasteiger charge is 2.29. The molecule has 0 saturated carbocycles. The van der Waals surface area contributed by atoms with E-state index in [0.717, 1.165) is 11.5 Å². The average molecular weight is 242 g/mol. The Bertz CT molecular complexity index is 561. The van der Waals surface area contributed by atoms with Crippen LogP contribution < -0.4 is 0 Å². The maximum atomic E-state index is 13.1. The monoisotopic (exact) mass is 242 g/mol. The van der Waals surface area contributed by atoms with Gasteiger partial charge in [0, 0.05) is 23.5 Å². The second-order valence-corrected chi connectivity index (χ2v) is 5.61. The van der Waals surface area contributed by atoms with E-state index in [4.69, 9.17) is 5.11 Å². The van der Waals surface area contributed by atoms with E-state index in [1.807, 2.05) is 0 Å². The summed E-state index contributed by atoms with van der Waals surface area (Å²) >= 11 is 0. The van der Waals surface area contributed by atoms with Gasteiger partial charge in [-0.15, -0.1) is 0 Å². The summed E-state index contributed by atoms with van der Waals surface area (Å²) in [7, 11) is -3.47. The molecular formula is C11H11FO3S. The average Bonchev–Trinajstić information content (AvgIpc) is 2.49. The zero-order valence-corrected chi connectivity index (χ0v) is 9.46. The third-order valence-corrected chi connectivity index (χ3v) is 4.18. The Morgan fingerprint density at radius 2 is 2.12 bits per heavy atom. The van der Waals surface area contributed by atoms with Gasteiger partial charge in [0.2, 0.25) is 9.84 Å². The number of hydrogen-bond acceptors (Lipinski definition) is 3. The van der Waals surface area contributed by atoms with Crippen molar-refractivity contribution in [2.24, 2.45) is 5.92 Å². The number of hydrogen-bond donors (Lipinski definition) is 1. The highest BCUT2D eigenvalue weighted by atomic mass is 32.2. The standard InChI is InChI=1S/C11H11FO3S/c1-7(5-13)10-6-16(14,15)11-3-2-8(12)4-9(10)11/h2-4,6-7,13H,5H2,1H3. The molecule has 16 heavy (non-hydrogen) atoms. The molecule has 0 spiro atoms. The van der Waals surface area contributed by atoms with Gasteiger partial charge in [-0.25, -0.2) is 12.8 Å². The number of aliphatic hydroxyl groups is 1. The van der Waals surface area contributed by atoms with Gasteiger partial charge < -0.3 is 5.11 Å². The summed E-state index contributed by atoms with van der Waals surface area (Å²) in [4.78, 5) is 0.115. The summed E-state index contributed by atoms with van der Waals surface area (Å²) in [5, 5.41) is 10.1. The van der Waals surface area contributed by atoms with Crippen LogP contribution >= 0.6 is 0 Å². The third-order valence-electron chi connectivity index (χ3n) is 2.65. The summed E-state index contributed by atoms with van der Waals surface area (Å²) in [5.74, 6) is -0.801. The lowest BCUT2D eigenvalue weighted by atomic mass is 9.96. The molecule has 0 aromatic heterocycles. The fraction of sp³-hybridized carbons (Fsp3) is 0.273. The minimum atomic E-state index is -3.47. The fourth-order valence-electron chi connectivity index (χ4n) is 1.75. The Labute approximate surface area is 93.1 Å². The highest BCUT2D eigenvalue weighted by Crippen LogP contribution is 2.37. The predicted molar refractivity (Wildman–Crippen MR) is 57.8 cm³/mol. The van der Waals surface area contributed by atoms with E-state index < -0.39 is 15.7 Å². The fourth-order valence-corrected chi connectivity index (χ4v) is 3.31. The molecule has 1 N–H and O–H groups in total. The first-order chi connectivity index (χ1) is 7.45. The molecule has 0 saturated heterocycles. The van der Waals surface area contributed by atoms with Gasteiger partial charge >= 0.3 is 0 Å². The van der Waals surface area contributed by atoms with Crippen molar-refractivity contribution in [3.05, 3.63) is 35.0 Å². The van der Waals surface area contributed by atoms with Crippen molar-refractivity contribution in [2.75, 3.05) is 6.61 Å². The summed E-state index contributed by atoms with van der Waals surface area (Å²) in [6.07, 6.45) is 0. The normalized spacial score (nSPS) is 19.1. The minimum absolute atomic E-state index is 0.115. The Balaban J connectivity index is 2.66. The molecule has 0 fully saturated rings. The number of halogens is 1. The van der Waals surface area contributed by atoms with Gasteiger partial charge in [0.1, 0.15) is 5.82 Å². The molecule has 1 unspecified atom stereocenters. The van der Waals surface area contributed by atoms with Gasteiger partial charge in [-0.2, -0.15) is 0 Å². The summed E-state index contributed by atoms with van der Waals surface area (Å²) in [6, 6.07) is 3.57.